The lowest BCUT2D eigenvalue weighted by atomic mass is 9.96. The highest BCUT2D eigenvalue weighted by Gasteiger charge is 2.22. The van der Waals surface area contributed by atoms with Crippen LogP contribution in [0.5, 0.6) is 0 Å². The SMILES string of the molecule is c1ccc(-c2nc(-c3ccc(-c4ccc5sc6ccccc6c5c4)c4c3oc3ccccc34)nc(-c3cccc4oc5ccccc5c34)n2)cc1. The molecule has 7 aromatic carbocycles. The third-order valence-corrected chi connectivity index (χ3v) is 10.9. The summed E-state index contributed by atoms with van der Waals surface area (Å²) >= 11 is 1.83. The Labute approximate surface area is 295 Å². The molecule has 0 atom stereocenters. The summed E-state index contributed by atoms with van der Waals surface area (Å²) in [5, 5.41) is 6.61. The maximum Gasteiger partial charge on any atom is 0.167 e. The summed E-state index contributed by atoms with van der Waals surface area (Å²) < 4.78 is 15.6. The topological polar surface area (TPSA) is 65.0 Å². The maximum atomic E-state index is 6.74. The zero-order valence-electron chi connectivity index (χ0n) is 27.0. The molecular weight excluding hydrogens is 647 g/mol. The molecule has 0 aliphatic rings. The molecule has 5 nitrogen and oxygen atoms in total. The van der Waals surface area contributed by atoms with E-state index in [-0.39, 0.29) is 0 Å². The van der Waals surface area contributed by atoms with Gasteiger partial charge in [-0.25, -0.2) is 15.0 Å². The number of rotatable bonds is 4. The zero-order valence-corrected chi connectivity index (χ0v) is 27.8. The van der Waals surface area contributed by atoms with E-state index in [4.69, 9.17) is 23.8 Å². The largest absolute Gasteiger partial charge is 0.456 e. The molecule has 0 saturated heterocycles. The molecular formula is C45H25N3O2S. The predicted molar refractivity (Wildman–Crippen MR) is 209 cm³/mol. The Morgan fingerprint density at radius 3 is 1.84 bits per heavy atom. The van der Waals surface area contributed by atoms with Crippen LogP contribution in [0.15, 0.2) is 160 Å². The van der Waals surface area contributed by atoms with Crippen LogP contribution in [0, 0.1) is 0 Å². The van der Waals surface area contributed by atoms with Crippen LogP contribution in [-0.2, 0) is 0 Å². The van der Waals surface area contributed by atoms with E-state index in [1.807, 2.05) is 84.1 Å². The number of para-hydroxylation sites is 2. The quantitative estimate of drug-likeness (QED) is 0.186. The maximum absolute atomic E-state index is 6.74. The Morgan fingerprint density at radius 2 is 1.00 bits per heavy atom. The standard InChI is InChI=1S/C45H25N3O2S/c1-2-11-26(12-3-1)43-46-44(32-16-10-19-37-40(32)30-14-4-7-17-35(30)49-37)48-45(47-43)33-23-22-28(41-31-15-5-8-18-36(31)50-42(33)41)27-21-24-39-34(25-27)29-13-6-9-20-38(29)51-39/h1-25H. The molecule has 0 unspecified atom stereocenters. The van der Waals surface area contributed by atoms with Crippen molar-refractivity contribution < 1.29 is 8.83 Å². The first kappa shape index (κ1) is 28.2. The van der Waals surface area contributed by atoms with E-state index in [1.54, 1.807) is 0 Å². The minimum atomic E-state index is 0.540. The number of benzene rings is 7. The van der Waals surface area contributed by atoms with Crippen molar-refractivity contribution in [2.24, 2.45) is 0 Å². The third kappa shape index (κ3) is 4.37. The van der Waals surface area contributed by atoms with Gasteiger partial charge >= 0.3 is 0 Å². The van der Waals surface area contributed by atoms with Gasteiger partial charge in [0.2, 0.25) is 0 Å². The summed E-state index contributed by atoms with van der Waals surface area (Å²) in [5.74, 6) is 1.70. The molecule has 0 bridgehead atoms. The van der Waals surface area contributed by atoms with Gasteiger partial charge in [-0.3, -0.25) is 0 Å². The van der Waals surface area contributed by atoms with Gasteiger partial charge in [0, 0.05) is 52.8 Å². The number of fused-ring (bicyclic) bond motifs is 9. The molecule has 0 aliphatic carbocycles. The summed E-state index contributed by atoms with van der Waals surface area (Å²) in [7, 11) is 0. The van der Waals surface area contributed by atoms with Crippen LogP contribution in [0.25, 0.3) is 109 Å². The first-order chi connectivity index (χ1) is 25.3. The van der Waals surface area contributed by atoms with Crippen LogP contribution in [-0.4, -0.2) is 15.0 Å². The van der Waals surface area contributed by atoms with Gasteiger partial charge in [0.1, 0.15) is 22.3 Å². The Hall–Kier alpha value is -6.63. The number of furan rings is 2. The Morgan fingerprint density at radius 1 is 0.373 bits per heavy atom. The monoisotopic (exact) mass is 671 g/mol. The van der Waals surface area contributed by atoms with E-state index >= 15 is 0 Å². The number of hydrogen-bond acceptors (Lipinski definition) is 6. The summed E-state index contributed by atoms with van der Waals surface area (Å²) in [6.07, 6.45) is 0. The molecule has 0 amide bonds. The number of hydrogen-bond donors (Lipinski definition) is 0. The Bertz CT molecular complexity index is 3160. The fourth-order valence-electron chi connectivity index (χ4n) is 7.43. The molecule has 0 N–H and O–H groups in total. The third-order valence-electron chi connectivity index (χ3n) is 9.77. The fraction of sp³-hybridized carbons (Fsp3) is 0. The number of thiophene rings is 1. The summed E-state index contributed by atoms with van der Waals surface area (Å²) in [6, 6.07) is 52.1. The van der Waals surface area contributed by atoms with Crippen LogP contribution >= 0.6 is 11.3 Å². The highest BCUT2D eigenvalue weighted by molar-refractivity contribution is 7.25. The van der Waals surface area contributed by atoms with Crippen molar-refractivity contribution in [3.05, 3.63) is 152 Å². The lowest BCUT2D eigenvalue weighted by Crippen LogP contribution is -2.00. The van der Waals surface area contributed by atoms with Gasteiger partial charge in [0.05, 0.1) is 5.56 Å². The smallest absolute Gasteiger partial charge is 0.167 e. The van der Waals surface area contributed by atoms with E-state index in [9.17, 15) is 0 Å². The van der Waals surface area contributed by atoms with Gasteiger partial charge in [-0.15, -0.1) is 11.3 Å². The molecule has 0 radical (unpaired) electrons. The molecule has 0 saturated carbocycles. The van der Waals surface area contributed by atoms with Crippen molar-refractivity contribution in [3.63, 3.8) is 0 Å². The van der Waals surface area contributed by atoms with Gasteiger partial charge in [0.25, 0.3) is 0 Å². The van der Waals surface area contributed by atoms with Crippen molar-refractivity contribution in [1.29, 1.82) is 0 Å². The first-order valence-electron chi connectivity index (χ1n) is 16.9. The fourth-order valence-corrected chi connectivity index (χ4v) is 8.52. The van der Waals surface area contributed by atoms with Crippen molar-refractivity contribution in [2.45, 2.75) is 0 Å². The average molecular weight is 672 g/mol. The van der Waals surface area contributed by atoms with Crippen LogP contribution in [0.4, 0.5) is 0 Å². The lowest BCUT2D eigenvalue weighted by Gasteiger charge is -2.11. The minimum Gasteiger partial charge on any atom is -0.456 e. The van der Waals surface area contributed by atoms with E-state index < -0.39 is 0 Å². The van der Waals surface area contributed by atoms with Crippen LogP contribution in [0.3, 0.4) is 0 Å². The van der Waals surface area contributed by atoms with Gasteiger partial charge < -0.3 is 8.83 Å². The van der Waals surface area contributed by atoms with E-state index in [2.05, 4.69) is 78.9 Å². The minimum absolute atomic E-state index is 0.540. The Kier molecular flexibility index (Phi) is 6.05. The molecule has 0 fully saturated rings. The summed E-state index contributed by atoms with van der Waals surface area (Å²) in [6.45, 7) is 0. The molecule has 238 valence electrons. The van der Waals surface area contributed by atoms with Gasteiger partial charge in [-0.1, -0.05) is 109 Å². The van der Waals surface area contributed by atoms with E-state index in [1.165, 1.54) is 20.2 Å². The highest BCUT2D eigenvalue weighted by atomic mass is 32.1. The molecule has 11 aromatic rings. The van der Waals surface area contributed by atoms with E-state index in [0.29, 0.717) is 17.5 Å². The van der Waals surface area contributed by atoms with E-state index in [0.717, 1.165) is 71.7 Å². The van der Waals surface area contributed by atoms with Gasteiger partial charge in [-0.2, -0.15) is 0 Å². The molecule has 51 heavy (non-hydrogen) atoms. The molecule has 11 rings (SSSR count). The van der Waals surface area contributed by atoms with Crippen LogP contribution < -0.4 is 0 Å². The van der Waals surface area contributed by atoms with Crippen molar-refractivity contribution in [1.82, 2.24) is 15.0 Å². The predicted octanol–water partition coefficient (Wildman–Crippen LogP) is 12.7. The van der Waals surface area contributed by atoms with Gasteiger partial charge in [0.15, 0.2) is 17.5 Å². The highest BCUT2D eigenvalue weighted by Crippen LogP contribution is 2.44. The second kappa shape index (κ2) is 10.9. The second-order valence-corrected chi connectivity index (χ2v) is 13.8. The molecule has 0 spiro atoms. The van der Waals surface area contributed by atoms with Gasteiger partial charge in [-0.05, 0) is 53.6 Å². The van der Waals surface area contributed by atoms with Crippen LogP contribution in [0.1, 0.15) is 0 Å². The average Bonchev–Trinajstić information content (AvgIpc) is 3.89. The van der Waals surface area contributed by atoms with Crippen molar-refractivity contribution in [3.8, 4) is 45.3 Å². The second-order valence-electron chi connectivity index (χ2n) is 12.7. The molecule has 4 heterocycles. The van der Waals surface area contributed by atoms with Crippen molar-refractivity contribution >= 4 is 75.4 Å². The molecule has 4 aromatic heterocycles. The molecule has 6 heteroatoms. The van der Waals surface area contributed by atoms with Crippen LogP contribution in [0.2, 0.25) is 0 Å². The zero-order chi connectivity index (χ0) is 33.5. The lowest BCUT2D eigenvalue weighted by molar-refractivity contribution is 0.668. The first-order valence-corrected chi connectivity index (χ1v) is 17.7. The van der Waals surface area contributed by atoms with Crippen molar-refractivity contribution in [2.75, 3.05) is 0 Å². The number of nitrogens with zero attached hydrogens (tertiary/aromatic N) is 3. The Balaban J connectivity index is 1.18. The number of aromatic nitrogens is 3. The summed E-state index contributed by atoms with van der Waals surface area (Å²) in [5.41, 5.74) is 7.99. The summed E-state index contributed by atoms with van der Waals surface area (Å²) in [4.78, 5) is 15.4. The molecule has 0 aliphatic heterocycles. The normalized spacial score (nSPS) is 11.9.